The highest BCUT2D eigenvalue weighted by Gasteiger charge is 2.25. The Morgan fingerprint density at radius 3 is 2.27 bits per heavy atom. The van der Waals surface area contributed by atoms with Gasteiger partial charge in [0.05, 0.1) is 47.3 Å². The maximum Gasteiger partial charge on any atom is 0.260 e. The molecule has 2 heterocycles. The van der Waals surface area contributed by atoms with Crippen LogP contribution in [0.2, 0.25) is 0 Å². The highest BCUT2D eigenvalue weighted by atomic mass is 32.1. The van der Waals surface area contributed by atoms with Crippen molar-refractivity contribution in [3.63, 3.8) is 0 Å². The third-order valence-electron chi connectivity index (χ3n) is 6.23. The van der Waals surface area contributed by atoms with Crippen LogP contribution in [0.5, 0.6) is 23.0 Å². The predicted molar refractivity (Wildman–Crippen MR) is 144 cm³/mol. The van der Waals surface area contributed by atoms with Crippen molar-refractivity contribution in [1.82, 2.24) is 9.88 Å². The van der Waals surface area contributed by atoms with E-state index < -0.39 is 0 Å². The lowest BCUT2D eigenvalue weighted by Gasteiger charge is -2.28. The van der Waals surface area contributed by atoms with Gasteiger partial charge in [0, 0.05) is 42.7 Å². The molecule has 0 N–H and O–H groups in total. The van der Waals surface area contributed by atoms with E-state index in [-0.39, 0.29) is 5.91 Å². The Bertz CT molecular complexity index is 1150. The molecule has 0 bridgehead atoms. The van der Waals surface area contributed by atoms with Crippen molar-refractivity contribution in [2.24, 2.45) is 0 Å². The van der Waals surface area contributed by atoms with Gasteiger partial charge in [-0.25, -0.2) is 4.98 Å². The number of morpholine rings is 1. The summed E-state index contributed by atoms with van der Waals surface area (Å²) in [5.74, 6) is 1.89. The molecule has 1 amide bonds. The molecular weight excluding hydrogens is 494 g/mol. The third-order valence-corrected chi connectivity index (χ3v) is 7.09. The highest BCUT2D eigenvalue weighted by molar-refractivity contribution is 7.14. The number of amides is 1. The van der Waals surface area contributed by atoms with Crippen LogP contribution in [0.15, 0.2) is 41.8 Å². The number of carbonyl (C=O) groups excluding carboxylic acids is 1. The van der Waals surface area contributed by atoms with Crippen LogP contribution < -0.4 is 23.8 Å². The third kappa shape index (κ3) is 6.33. The smallest absolute Gasteiger partial charge is 0.260 e. The van der Waals surface area contributed by atoms with E-state index in [0.717, 1.165) is 56.3 Å². The monoisotopic (exact) mass is 527 g/mol. The molecule has 0 spiro atoms. The summed E-state index contributed by atoms with van der Waals surface area (Å²) in [6.07, 6.45) is 0.799. The minimum atomic E-state index is -0.183. The van der Waals surface area contributed by atoms with Crippen molar-refractivity contribution in [2.75, 3.05) is 72.7 Å². The summed E-state index contributed by atoms with van der Waals surface area (Å²) < 4.78 is 27.1. The Balaban J connectivity index is 1.62. The van der Waals surface area contributed by atoms with Gasteiger partial charge in [0.2, 0.25) is 5.75 Å². The molecule has 0 aliphatic carbocycles. The molecule has 0 radical (unpaired) electrons. The fourth-order valence-corrected chi connectivity index (χ4v) is 5.06. The fraction of sp³-hybridized carbons (Fsp3) is 0.407. The van der Waals surface area contributed by atoms with E-state index in [4.69, 9.17) is 28.7 Å². The van der Waals surface area contributed by atoms with Gasteiger partial charge in [0.25, 0.3) is 5.91 Å². The zero-order chi connectivity index (χ0) is 26.2. The van der Waals surface area contributed by atoms with Crippen molar-refractivity contribution >= 4 is 22.4 Å². The molecule has 10 heteroatoms. The van der Waals surface area contributed by atoms with E-state index in [0.29, 0.717) is 34.5 Å². The molecule has 4 rings (SSSR count). The van der Waals surface area contributed by atoms with Crippen molar-refractivity contribution in [2.45, 2.75) is 6.42 Å². The molecular formula is C27H33N3O6S. The number of hydrogen-bond acceptors (Lipinski definition) is 9. The van der Waals surface area contributed by atoms with E-state index in [9.17, 15) is 4.79 Å². The summed E-state index contributed by atoms with van der Waals surface area (Å²) >= 11 is 1.44. The molecule has 9 nitrogen and oxygen atoms in total. The number of benzene rings is 2. The number of aromatic nitrogens is 1. The van der Waals surface area contributed by atoms with Crippen LogP contribution in [0, 0.1) is 0 Å². The summed E-state index contributed by atoms with van der Waals surface area (Å²) in [4.78, 5) is 22.8. The highest BCUT2D eigenvalue weighted by Crippen LogP contribution is 2.39. The SMILES string of the molecule is COc1ccc(-c2csc(N(CCCN3CCOCC3)C(=O)c3cc(OC)c(OC)c(OC)c3)n2)cc1. The standard InChI is InChI=1S/C27H33N3O6S/c1-32-21-8-6-19(7-9-21)22-18-37-27(28-22)30(11-5-10-29-12-14-36-15-13-29)26(31)20-16-23(33-2)25(35-4)24(17-20)34-3/h6-9,16-18H,5,10-15H2,1-4H3. The number of carbonyl (C=O) groups is 1. The number of rotatable bonds is 11. The first-order chi connectivity index (χ1) is 18.1. The van der Waals surface area contributed by atoms with Gasteiger partial charge in [-0.2, -0.15) is 0 Å². The zero-order valence-corrected chi connectivity index (χ0v) is 22.5. The van der Waals surface area contributed by atoms with Gasteiger partial charge in [-0.1, -0.05) is 0 Å². The molecule has 1 saturated heterocycles. The second-order valence-corrected chi connectivity index (χ2v) is 9.26. The maximum absolute atomic E-state index is 13.9. The lowest BCUT2D eigenvalue weighted by Crippen LogP contribution is -2.39. The lowest BCUT2D eigenvalue weighted by molar-refractivity contribution is 0.0376. The molecule has 1 aliphatic heterocycles. The summed E-state index contributed by atoms with van der Waals surface area (Å²) in [5.41, 5.74) is 2.19. The number of hydrogen-bond donors (Lipinski definition) is 0. The predicted octanol–water partition coefficient (Wildman–Crippen LogP) is 4.21. The quantitative estimate of drug-likeness (QED) is 0.367. The summed E-state index contributed by atoms with van der Waals surface area (Å²) in [6.45, 7) is 4.68. The largest absolute Gasteiger partial charge is 0.497 e. The zero-order valence-electron chi connectivity index (χ0n) is 21.7. The van der Waals surface area contributed by atoms with E-state index in [1.54, 1.807) is 24.1 Å². The van der Waals surface area contributed by atoms with E-state index in [2.05, 4.69) is 4.90 Å². The van der Waals surface area contributed by atoms with Gasteiger partial charge in [-0.3, -0.25) is 14.6 Å². The Hall–Kier alpha value is -3.34. The van der Waals surface area contributed by atoms with Crippen molar-refractivity contribution < 1.29 is 28.5 Å². The minimum absolute atomic E-state index is 0.183. The van der Waals surface area contributed by atoms with Crippen molar-refractivity contribution in [3.05, 3.63) is 47.3 Å². The van der Waals surface area contributed by atoms with Crippen LogP contribution in [0.1, 0.15) is 16.8 Å². The average Bonchev–Trinajstić information content (AvgIpc) is 3.44. The summed E-state index contributed by atoms with van der Waals surface area (Å²) in [7, 11) is 6.25. The van der Waals surface area contributed by atoms with Crippen LogP contribution in [0.3, 0.4) is 0 Å². The average molecular weight is 528 g/mol. The van der Waals surface area contributed by atoms with Gasteiger partial charge in [0.15, 0.2) is 16.6 Å². The molecule has 198 valence electrons. The molecule has 3 aromatic rings. The second kappa shape index (κ2) is 12.8. The molecule has 1 aliphatic rings. The van der Waals surface area contributed by atoms with Gasteiger partial charge < -0.3 is 23.7 Å². The topological polar surface area (TPSA) is 82.6 Å². The van der Waals surface area contributed by atoms with Crippen LogP contribution in [0.4, 0.5) is 5.13 Å². The van der Waals surface area contributed by atoms with E-state index >= 15 is 0 Å². The molecule has 1 aromatic heterocycles. The second-order valence-electron chi connectivity index (χ2n) is 8.42. The Morgan fingerprint density at radius 1 is 1.00 bits per heavy atom. The number of thiazole rings is 1. The van der Waals surface area contributed by atoms with Crippen molar-refractivity contribution in [3.8, 4) is 34.3 Å². The number of anilines is 1. The Labute approximate surface area is 221 Å². The minimum Gasteiger partial charge on any atom is -0.497 e. The Morgan fingerprint density at radius 2 is 1.68 bits per heavy atom. The van der Waals surface area contributed by atoms with Gasteiger partial charge in [-0.05, 0) is 42.8 Å². The number of ether oxygens (including phenoxy) is 5. The molecule has 0 saturated carbocycles. The molecule has 0 atom stereocenters. The van der Waals surface area contributed by atoms with Crippen LogP contribution in [0.25, 0.3) is 11.3 Å². The summed E-state index contributed by atoms with van der Waals surface area (Å²) in [5, 5.41) is 2.60. The van der Waals surface area contributed by atoms with Gasteiger partial charge in [-0.15, -0.1) is 11.3 Å². The first-order valence-corrected chi connectivity index (χ1v) is 13.0. The van der Waals surface area contributed by atoms with Crippen LogP contribution in [-0.4, -0.2) is 83.6 Å². The van der Waals surface area contributed by atoms with E-state index in [1.165, 1.54) is 32.7 Å². The van der Waals surface area contributed by atoms with Gasteiger partial charge >= 0.3 is 0 Å². The lowest BCUT2D eigenvalue weighted by atomic mass is 10.1. The number of methoxy groups -OCH3 is 4. The fourth-order valence-electron chi connectivity index (χ4n) is 4.20. The van der Waals surface area contributed by atoms with Crippen LogP contribution >= 0.6 is 11.3 Å². The maximum atomic E-state index is 13.9. The molecule has 0 unspecified atom stereocenters. The van der Waals surface area contributed by atoms with Crippen molar-refractivity contribution in [1.29, 1.82) is 0 Å². The van der Waals surface area contributed by atoms with Gasteiger partial charge in [0.1, 0.15) is 5.75 Å². The van der Waals surface area contributed by atoms with Crippen LogP contribution in [-0.2, 0) is 4.74 Å². The summed E-state index contributed by atoms with van der Waals surface area (Å²) in [6, 6.07) is 11.1. The Kier molecular flexibility index (Phi) is 9.21. The van der Waals surface area contributed by atoms with E-state index in [1.807, 2.05) is 29.6 Å². The first-order valence-electron chi connectivity index (χ1n) is 12.1. The normalized spacial score (nSPS) is 13.7. The number of nitrogens with zero attached hydrogens (tertiary/aromatic N) is 3. The molecule has 37 heavy (non-hydrogen) atoms. The first kappa shape index (κ1) is 26.7. The molecule has 1 fully saturated rings. The molecule has 2 aromatic carbocycles.